The van der Waals surface area contributed by atoms with Gasteiger partial charge in [-0.15, -0.1) is 0 Å². The molecule has 1 fully saturated rings. The summed E-state index contributed by atoms with van der Waals surface area (Å²) in [6.45, 7) is 16.7. The van der Waals surface area contributed by atoms with E-state index in [9.17, 15) is 4.79 Å². The first-order chi connectivity index (χ1) is 13.6. The number of rotatable bonds is 10. The van der Waals surface area contributed by atoms with Gasteiger partial charge in [-0.05, 0) is 66.7 Å². The highest BCUT2D eigenvalue weighted by Crippen LogP contribution is 2.14. The van der Waals surface area contributed by atoms with Crippen LogP contribution in [0.4, 0.5) is 4.79 Å². The number of guanidine groups is 1. The molecule has 0 aromatic heterocycles. The third-order valence-electron chi connectivity index (χ3n) is 4.27. The van der Waals surface area contributed by atoms with Crippen LogP contribution in [0.25, 0.3) is 0 Å². The van der Waals surface area contributed by atoms with Crippen LogP contribution in [0.1, 0.15) is 60.8 Å². The van der Waals surface area contributed by atoms with Gasteiger partial charge in [0.1, 0.15) is 5.60 Å². The van der Waals surface area contributed by atoms with E-state index in [4.69, 9.17) is 14.2 Å². The molecule has 170 valence electrons. The molecule has 0 unspecified atom stereocenters. The standard InChI is InChI=1S/C21H42N4O4/c1-7-22-18(23-11-8-12-28-15-17-9-13-27-14-10-17)24-16-21(5,6)25-19(26)29-20(2,3)4/h17H,7-16H2,1-6H3,(H,25,26)(H2,22,23,24). The second-order valence-corrected chi connectivity index (χ2v) is 9.12. The molecule has 1 aliphatic rings. The maximum Gasteiger partial charge on any atom is 0.408 e. The second kappa shape index (κ2) is 12.9. The van der Waals surface area contributed by atoms with Crippen LogP contribution < -0.4 is 16.0 Å². The molecule has 29 heavy (non-hydrogen) atoms. The van der Waals surface area contributed by atoms with Crippen molar-refractivity contribution in [3.63, 3.8) is 0 Å². The fourth-order valence-corrected chi connectivity index (χ4v) is 2.78. The molecule has 1 rings (SSSR count). The van der Waals surface area contributed by atoms with Crippen LogP contribution in [0, 0.1) is 5.92 Å². The Morgan fingerprint density at radius 3 is 2.45 bits per heavy atom. The molecule has 0 aromatic carbocycles. The molecule has 3 N–H and O–H groups in total. The SMILES string of the molecule is CCNC(=NCC(C)(C)NC(=O)OC(C)(C)C)NCCCOCC1CCOCC1. The molecule has 1 amide bonds. The summed E-state index contributed by atoms with van der Waals surface area (Å²) in [6.07, 6.45) is 2.68. The Hall–Kier alpha value is -1.54. The van der Waals surface area contributed by atoms with E-state index in [0.717, 1.165) is 64.7 Å². The minimum absolute atomic E-state index is 0.432. The lowest BCUT2D eigenvalue weighted by Crippen LogP contribution is -2.49. The van der Waals surface area contributed by atoms with Gasteiger partial charge in [-0.25, -0.2) is 4.79 Å². The Labute approximate surface area is 176 Å². The average Bonchev–Trinajstić information content (AvgIpc) is 2.61. The summed E-state index contributed by atoms with van der Waals surface area (Å²) in [6, 6.07) is 0. The van der Waals surface area contributed by atoms with Gasteiger partial charge < -0.3 is 30.2 Å². The lowest BCUT2D eigenvalue weighted by Gasteiger charge is -2.27. The minimum atomic E-state index is -0.521. The summed E-state index contributed by atoms with van der Waals surface area (Å²) in [5.74, 6) is 1.37. The Bertz CT molecular complexity index is 497. The fourth-order valence-electron chi connectivity index (χ4n) is 2.78. The molecule has 0 radical (unpaired) electrons. The summed E-state index contributed by atoms with van der Waals surface area (Å²) in [4.78, 5) is 16.6. The lowest BCUT2D eigenvalue weighted by atomic mass is 10.0. The van der Waals surface area contributed by atoms with Crippen LogP contribution in [-0.2, 0) is 14.2 Å². The van der Waals surface area contributed by atoms with Crippen molar-refractivity contribution in [3.05, 3.63) is 0 Å². The molecule has 1 heterocycles. The van der Waals surface area contributed by atoms with Crippen molar-refractivity contribution < 1.29 is 19.0 Å². The Balaban J connectivity index is 2.30. The van der Waals surface area contributed by atoms with Gasteiger partial charge in [0.05, 0.1) is 12.1 Å². The molecule has 8 nitrogen and oxygen atoms in total. The third-order valence-corrected chi connectivity index (χ3v) is 4.27. The van der Waals surface area contributed by atoms with Gasteiger partial charge in [-0.1, -0.05) is 0 Å². The molecule has 1 saturated heterocycles. The lowest BCUT2D eigenvalue weighted by molar-refractivity contribution is 0.0203. The van der Waals surface area contributed by atoms with Crippen molar-refractivity contribution in [1.29, 1.82) is 0 Å². The summed E-state index contributed by atoms with van der Waals surface area (Å²) < 4.78 is 16.5. The molecule has 0 aliphatic carbocycles. The number of nitrogens with zero attached hydrogens (tertiary/aromatic N) is 1. The molecule has 8 heteroatoms. The van der Waals surface area contributed by atoms with Gasteiger partial charge >= 0.3 is 6.09 Å². The van der Waals surface area contributed by atoms with E-state index in [1.807, 2.05) is 41.5 Å². The third kappa shape index (κ3) is 13.3. The van der Waals surface area contributed by atoms with Crippen LogP contribution in [0.5, 0.6) is 0 Å². The van der Waals surface area contributed by atoms with Gasteiger partial charge in [0.25, 0.3) is 0 Å². The van der Waals surface area contributed by atoms with E-state index >= 15 is 0 Å². The maximum absolute atomic E-state index is 12.0. The molecular formula is C21H42N4O4. The normalized spacial score (nSPS) is 16.4. The van der Waals surface area contributed by atoms with Gasteiger partial charge in [-0.2, -0.15) is 0 Å². The van der Waals surface area contributed by atoms with E-state index in [2.05, 4.69) is 20.9 Å². The topological polar surface area (TPSA) is 93.2 Å². The smallest absolute Gasteiger partial charge is 0.408 e. The van der Waals surface area contributed by atoms with E-state index in [0.29, 0.717) is 12.5 Å². The number of alkyl carbamates (subject to hydrolysis) is 1. The molecule has 0 bridgehead atoms. The summed E-state index contributed by atoms with van der Waals surface area (Å²) in [7, 11) is 0. The molecule has 0 saturated carbocycles. The van der Waals surface area contributed by atoms with Crippen LogP contribution in [0.2, 0.25) is 0 Å². The minimum Gasteiger partial charge on any atom is -0.444 e. The van der Waals surface area contributed by atoms with Gasteiger partial charge in [-0.3, -0.25) is 4.99 Å². The molecule has 0 spiro atoms. The fraction of sp³-hybridized carbons (Fsp3) is 0.905. The van der Waals surface area contributed by atoms with Gasteiger partial charge in [0, 0.05) is 39.5 Å². The molecule has 0 atom stereocenters. The quantitative estimate of drug-likeness (QED) is 0.289. The Morgan fingerprint density at radius 1 is 1.14 bits per heavy atom. The van der Waals surface area contributed by atoms with E-state index in [-0.39, 0.29) is 0 Å². The number of carbonyl (C=O) groups is 1. The first kappa shape index (κ1) is 25.5. The van der Waals surface area contributed by atoms with Crippen molar-refractivity contribution in [2.75, 3.05) is 46.1 Å². The predicted octanol–water partition coefficient (Wildman–Crippen LogP) is 2.68. The highest BCUT2D eigenvalue weighted by atomic mass is 16.6. The van der Waals surface area contributed by atoms with Crippen molar-refractivity contribution in [3.8, 4) is 0 Å². The van der Waals surface area contributed by atoms with E-state index < -0.39 is 17.2 Å². The van der Waals surface area contributed by atoms with Crippen LogP contribution >= 0.6 is 0 Å². The van der Waals surface area contributed by atoms with Gasteiger partial charge in [0.15, 0.2) is 5.96 Å². The zero-order chi connectivity index (χ0) is 21.8. The zero-order valence-electron chi connectivity index (χ0n) is 19.2. The van der Waals surface area contributed by atoms with Gasteiger partial charge in [0.2, 0.25) is 0 Å². The largest absolute Gasteiger partial charge is 0.444 e. The van der Waals surface area contributed by atoms with Crippen molar-refractivity contribution in [2.24, 2.45) is 10.9 Å². The highest BCUT2D eigenvalue weighted by Gasteiger charge is 2.24. The monoisotopic (exact) mass is 414 g/mol. The molecular weight excluding hydrogens is 372 g/mol. The highest BCUT2D eigenvalue weighted by molar-refractivity contribution is 5.79. The maximum atomic E-state index is 12.0. The van der Waals surface area contributed by atoms with Crippen molar-refractivity contribution in [2.45, 2.75) is 71.9 Å². The summed E-state index contributed by atoms with van der Waals surface area (Å²) >= 11 is 0. The number of hydrogen-bond acceptors (Lipinski definition) is 5. The summed E-state index contributed by atoms with van der Waals surface area (Å²) in [5.41, 5.74) is -1.04. The number of nitrogens with one attached hydrogen (secondary N) is 3. The number of amides is 1. The first-order valence-corrected chi connectivity index (χ1v) is 10.8. The molecule has 0 aromatic rings. The molecule has 1 aliphatic heterocycles. The van der Waals surface area contributed by atoms with Crippen LogP contribution in [-0.4, -0.2) is 69.3 Å². The van der Waals surface area contributed by atoms with E-state index in [1.54, 1.807) is 0 Å². The number of aliphatic imine (C=N–C) groups is 1. The summed E-state index contributed by atoms with van der Waals surface area (Å²) in [5, 5.41) is 9.42. The van der Waals surface area contributed by atoms with Crippen LogP contribution in [0.3, 0.4) is 0 Å². The van der Waals surface area contributed by atoms with Crippen molar-refractivity contribution in [1.82, 2.24) is 16.0 Å². The van der Waals surface area contributed by atoms with E-state index in [1.165, 1.54) is 0 Å². The number of carbonyl (C=O) groups excluding carboxylic acids is 1. The zero-order valence-corrected chi connectivity index (χ0v) is 19.2. The second-order valence-electron chi connectivity index (χ2n) is 9.12. The number of ether oxygens (including phenoxy) is 3. The van der Waals surface area contributed by atoms with Crippen LogP contribution in [0.15, 0.2) is 4.99 Å². The Morgan fingerprint density at radius 2 is 1.83 bits per heavy atom. The Kier molecular flexibility index (Phi) is 11.3. The average molecular weight is 415 g/mol. The van der Waals surface area contributed by atoms with Crippen molar-refractivity contribution >= 4 is 12.1 Å². The predicted molar refractivity (Wildman–Crippen MR) is 116 cm³/mol. The first-order valence-electron chi connectivity index (χ1n) is 10.8. The number of hydrogen-bond donors (Lipinski definition) is 3.